The molecule has 2 aromatic rings. The molecule has 1 aromatic carbocycles. The highest BCUT2D eigenvalue weighted by Gasteiger charge is 2.22. The highest BCUT2D eigenvalue weighted by atomic mass is 35.5. The van der Waals surface area contributed by atoms with Crippen molar-refractivity contribution in [1.82, 2.24) is 9.97 Å². The Kier molecular flexibility index (Phi) is 7.13. The van der Waals surface area contributed by atoms with Crippen LogP contribution in [0.4, 0.5) is 4.39 Å². The van der Waals surface area contributed by atoms with Gasteiger partial charge in [-0.05, 0) is 51.0 Å². The van der Waals surface area contributed by atoms with Crippen LogP contribution in [0.25, 0.3) is 11.3 Å². The van der Waals surface area contributed by atoms with Gasteiger partial charge < -0.3 is 9.47 Å². The molecule has 2 rings (SSSR count). The molecule has 7 heteroatoms. The summed E-state index contributed by atoms with van der Waals surface area (Å²) in [7, 11) is 0. The Morgan fingerprint density at radius 3 is 2.48 bits per heavy atom. The quantitative estimate of drug-likeness (QED) is 0.521. The first kappa shape index (κ1) is 19.1. The summed E-state index contributed by atoms with van der Waals surface area (Å²) in [6.07, 6.45) is 1.20. The molecular formula is C18H20ClFN2O3. The van der Waals surface area contributed by atoms with Crippen molar-refractivity contribution in [3.63, 3.8) is 0 Å². The van der Waals surface area contributed by atoms with Gasteiger partial charge >= 0.3 is 5.97 Å². The van der Waals surface area contributed by atoms with Crippen molar-refractivity contribution in [2.45, 2.75) is 26.7 Å². The molecule has 134 valence electrons. The maximum Gasteiger partial charge on any atom is 0.362 e. The number of ether oxygens (including phenoxy) is 2. The molecule has 0 saturated carbocycles. The number of nitrogens with zero attached hydrogens (tertiary/aromatic N) is 2. The number of halogens is 2. The number of hydrogen-bond acceptors (Lipinski definition) is 5. The van der Waals surface area contributed by atoms with Crippen LogP contribution < -0.4 is 4.74 Å². The molecule has 5 nitrogen and oxygen atoms in total. The SMILES string of the molecule is CCOC(=O)c1nc(CCCCl)c(-c2ccc(F)cc2)nc1OCC. The summed E-state index contributed by atoms with van der Waals surface area (Å²) in [5, 5.41) is 0. The fourth-order valence-electron chi connectivity index (χ4n) is 2.27. The average molecular weight is 367 g/mol. The third-order valence-electron chi connectivity index (χ3n) is 3.35. The van der Waals surface area contributed by atoms with E-state index in [0.29, 0.717) is 42.3 Å². The molecule has 0 saturated heterocycles. The van der Waals surface area contributed by atoms with Gasteiger partial charge in [0.2, 0.25) is 11.6 Å². The molecule has 0 atom stereocenters. The first-order chi connectivity index (χ1) is 12.1. The zero-order chi connectivity index (χ0) is 18.2. The lowest BCUT2D eigenvalue weighted by Gasteiger charge is -2.14. The van der Waals surface area contributed by atoms with Crippen molar-refractivity contribution in [3.05, 3.63) is 41.5 Å². The predicted octanol–water partition coefficient (Wildman–Crippen LogP) is 4.03. The minimum Gasteiger partial charge on any atom is -0.476 e. The van der Waals surface area contributed by atoms with Crippen LogP contribution in [0, 0.1) is 5.82 Å². The van der Waals surface area contributed by atoms with Crippen molar-refractivity contribution in [2.75, 3.05) is 19.1 Å². The molecule has 0 aliphatic rings. The van der Waals surface area contributed by atoms with E-state index >= 15 is 0 Å². The molecule has 1 heterocycles. The minimum absolute atomic E-state index is 0.0409. The summed E-state index contributed by atoms with van der Waals surface area (Å²) in [6.45, 7) is 4.05. The van der Waals surface area contributed by atoms with Crippen LogP contribution in [0.15, 0.2) is 24.3 Å². The number of esters is 1. The van der Waals surface area contributed by atoms with Crippen LogP contribution in [0.1, 0.15) is 36.5 Å². The Morgan fingerprint density at radius 1 is 1.16 bits per heavy atom. The monoisotopic (exact) mass is 366 g/mol. The average Bonchev–Trinajstić information content (AvgIpc) is 2.61. The van der Waals surface area contributed by atoms with Crippen LogP contribution >= 0.6 is 11.6 Å². The molecule has 1 aromatic heterocycles. The lowest BCUT2D eigenvalue weighted by molar-refractivity contribution is 0.0513. The van der Waals surface area contributed by atoms with Crippen LogP contribution in [-0.2, 0) is 11.2 Å². The number of hydrogen-bond donors (Lipinski definition) is 0. The second-order valence-electron chi connectivity index (χ2n) is 5.13. The topological polar surface area (TPSA) is 61.3 Å². The summed E-state index contributed by atoms with van der Waals surface area (Å²) in [6, 6.07) is 5.93. The molecule has 0 fully saturated rings. The Bertz CT molecular complexity index is 723. The van der Waals surface area contributed by atoms with Gasteiger partial charge in [-0.2, -0.15) is 0 Å². The van der Waals surface area contributed by atoms with Gasteiger partial charge in [0.25, 0.3) is 0 Å². The summed E-state index contributed by atoms with van der Waals surface area (Å²) in [4.78, 5) is 21.1. The second-order valence-corrected chi connectivity index (χ2v) is 5.50. The highest BCUT2D eigenvalue weighted by Crippen LogP contribution is 2.27. The number of benzene rings is 1. The van der Waals surface area contributed by atoms with Crippen molar-refractivity contribution in [1.29, 1.82) is 0 Å². The fraction of sp³-hybridized carbons (Fsp3) is 0.389. The van der Waals surface area contributed by atoms with Gasteiger partial charge in [-0.25, -0.2) is 19.2 Å². The maximum absolute atomic E-state index is 13.2. The smallest absolute Gasteiger partial charge is 0.362 e. The number of carbonyl (C=O) groups excluding carboxylic acids is 1. The Balaban J connectivity index is 2.57. The first-order valence-electron chi connectivity index (χ1n) is 8.13. The fourth-order valence-corrected chi connectivity index (χ4v) is 2.41. The van der Waals surface area contributed by atoms with Gasteiger partial charge in [-0.15, -0.1) is 11.6 Å². The zero-order valence-corrected chi connectivity index (χ0v) is 15.0. The predicted molar refractivity (Wildman–Crippen MR) is 93.6 cm³/mol. The molecule has 0 bridgehead atoms. The van der Waals surface area contributed by atoms with Gasteiger partial charge in [0, 0.05) is 11.4 Å². The molecule has 0 aliphatic heterocycles. The molecule has 0 spiro atoms. The summed E-state index contributed by atoms with van der Waals surface area (Å²) in [5.41, 5.74) is 1.87. The normalized spacial score (nSPS) is 10.6. The van der Waals surface area contributed by atoms with Crippen LogP contribution in [0.5, 0.6) is 5.88 Å². The van der Waals surface area contributed by atoms with Crippen LogP contribution in [0.3, 0.4) is 0 Å². The lowest BCUT2D eigenvalue weighted by Crippen LogP contribution is -2.14. The molecule has 0 radical (unpaired) electrons. The van der Waals surface area contributed by atoms with Gasteiger partial charge in [0.05, 0.1) is 24.6 Å². The van der Waals surface area contributed by atoms with Crippen molar-refractivity contribution >= 4 is 17.6 Å². The molecule has 0 unspecified atom stereocenters. The van der Waals surface area contributed by atoms with E-state index in [-0.39, 0.29) is 24.0 Å². The van der Waals surface area contributed by atoms with E-state index in [4.69, 9.17) is 21.1 Å². The van der Waals surface area contributed by atoms with Crippen molar-refractivity contribution < 1.29 is 18.7 Å². The van der Waals surface area contributed by atoms with E-state index < -0.39 is 5.97 Å². The lowest BCUT2D eigenvalue weighted by atomic mass is 10.1. The summed E-state index contributed by atoms with van der Waals surface area (Å²) in [5.74, 6) is -0.370. The third-order valence-corrected chi connectivity index (χ3v) is 3.62. The molecule has 0 N–H and O–H groups in total. The highest BCUT2D eigenvalue weighted by molar-refractivity contribution is 6.17. The summed E-state index contributed by atoms with van der Waals surface area (Å²) < 4.78 is 23.7. The Labute approximate surface area is 151 Å². The van der Waals surface area contributed by atoms with E-state index in [1.165, 1.54) is 12.1 Å². The Morgan fingerprint density at radius 2 is 1.88 bits per heavy atom. The van der Waals surface area contributed by atoms with Crippen molar-refractivity contribution in [2.24, 2.45) is 0 Å². The maximum atomic E-state index is 13.2. The number of alkyl halides is 1. The first-order valence-corrected chi connectivity index (χ1v) is 8.66. The van der Waals surface area contributed by atoms with Gasteiger partial charge in [-0.1, -0.05) is 0 Å². The van der Waals surface area contributed by atoms with Gasteiger partial charge in [0.15, 0.2) is 0 Å². The third kappa shape index (κ3) is 4.89. The molecule has 0 amide bonds. The standard InChI is InChI=1S/C18H20ClFN2O3/c1-3-24-17-16(18(23)25-4-2)21-14(6-5-11-19)15(22-17)12-7-9-13(20)10-8-12/h7-10H,3-6,11H2,1-2H3. The van der Waals surface area contributed by atoms with E-state index in [1.54, 1.807) is 26.0 Å². The van der Waals surface area contributed by atoms with Crippen LogP contribution in [0.2, 0.25) is 0 Å². The minimum atomic E-state index is -0.587. The Hall–Kier alpha value is -2.21. The van der Waals surface area contributed by atoms with E-state index in [9.17, 15) is 9.18 Å². The second kappa shape index (κ2) is 9.32. The molecule has 25 heavy (non-hydrogen) atoms. The van der Waals surface area contributed by atoms with E-state index in [0.717, 1.165) is 0 Å². The zero-order valence-electron chi connectivity index (χ0n) is 14.2. The van der Waals surface area contributed by atoms with Gasteiger partial charge in [0.1, 0.15) is 5.82 Å². The van der Waals surface area contributed by atoms with Gasteiger partial charge in [-0.3, -0.25) is 0 Å². The largest absolute Gasteiger partial charge is 0.476 e. The number of aromatic nitrogens is 2. The molecular weight excluding hydrogens is 347 g/mol. The van der Waals surface area contributed by atoms with Crippen LogP contribution in [-0.4, -0.2) is 35.0 Å². The van der Waals surface area contributed by atoms with E-state index in [2.05, 4.69) is 9.97 Å². The molecule has 0 aliphatic carbocycles. The van der Waals surface area contributed by atoms with E-state index in [1.807, 2.05) is 0 Å². The number of carbonyl (C=O) groups is 1. The number of aryl methyl sites for hydroxylation is 1. The number of rotatable bonds is 8. The van der Waals surface area contributed by atoms with Crippen molar-refractivity contribution in [3.8, 4) is 17.1 Å². The summed E-state index contributed by atoms with van der Waals surface area (Å²) >= 11 is 5.79.